The summed E-state index contributed by atoms with van der Waals surface area (Å²) in [5, 5.41) is 4.17. The van der Waals surface area contributed by atoms with Crippen molar-refractivity contribution in [2.75, 3.05) is 4.90 Å². The number of nitrogens with zero attached hydrogens (tertiary/aromatic N) is 2. The van der Waals surface area contributed by atoms with Crippen molar-refractivity contribution in [3.05, 3.63) is 218 Å². The lowest BCUT2D eigenvalue weighted by atomic mass is 9.99. The molecule has 0 N–H and O–H groups in total. The van der Waals surface area contributed by atoms with Crippen LogP contribution in [0.2, 0.25) is 0 Å². The summed E-state index contributed by atoms with van der Waals surface area (Å²) in [5.74, 6) is 0. The van der Waals surface area contributed by atoms with Gasteiger partial charge in [-0.1, -0.05) is 140 Å². The first-order valence-corrected chi connectivity index (χ1v) is 19.2. The SMILES string of the molecule is [2H]c1ccc2c(c1)c1cc(-c3ccc(N(c4ccc(-c5ccccc5)cc4)c4ccc(-c5cccc6oc7c([2H])cccc7c56)cc4)cc3)ccc1n2-c1ccccc1. The molecular weight excluding hydrogens is 693 g/mol. The van der Waals surface area contributed by atoms with Crippen LogP contribution in [0, 0.1) is 0 Å². The van der Waals surface area contributed by atoms with E-state index < -0.39 is 0 Å². The summed E-state index contributed by atoms with van der Waals surface area (Å²) in [5.41, 5.74) is 14.6. The fourth-order valence-electron chi connectivity index (χ4n) is 8.37. The number of fused-ring (bicyclic) bond motifs is 6. The van der Waals surface area contributed by atoms with E-state index in [4.69, 9.17) is 7.16 Å². The molecule has 0 saturated heterocycles. The third-order valence-electron chi connectivity index (χ3n) is 11.1. The zero-order chi connectivity index (χ0) is 39.5. The molecule has 57 heavy (non-hydrogen) atoms. The fourth-order valence-corrected chi connectivity index (χ4v) is 8.37. The van der Waals surface area contributed by atoms with Crippen molar-refractivity contribution in [1.82, 2.24) is 4.57 Å². The van der Waals surface area contributed by atoms with Crippen LogP contribution >= 0.6 is 0 Å². The number of anilines is 3. The minimum absolute atomic E-state index is 0.388. The van der Waals surface area contributed by atoms with Gasteiger partial charge in [-0.2, -0.15) is 0 Å². The van der Waals surface area contributed by atoms with Gasteiger partial charge in [0, 0.05) is 44.3 Å². The molecule has 0 amide bonds. The van der Waals surface area contributed by atoms with Crippen LogP contribution in [0.15, 0.2) is 223 Å². The molecule has 0 aliphatic heterocycles. The molecule has 0 aliphatic rings. The molecule has 0 bridgehead atoms. The van der Waals surface area contributed by atoms with E-state index in [9.17, 15) is 0 Å². The van der Waals surface area contributed by atoms with Gasteiger partial charge in [0.2, 0.25) is 0 Å². The standard InChI is InChI=1S/C54H36N2O/c1-3-12-37(13-4-1)38-22-29-43(30-23-38)55(45-33-26-40(27-34-45)46-18-11-21-53-54(46)48-17-8-10-20-52(48)57-53)44-31-24-39(25-32-44)41-28-35-51-49(36-41)47-16-7-9-19-50(47)56(51)42-14-5-2-6-15-42/h1-36H/i7D,20D. The molecule has 0 fully saturated rings. The van der Waals surface area contributed by atoms with Crippen molar-refractivity contribution in [2.24, 2.45) is 0 Å². The number of benzene rings is 9. The highest BCUT2D eigenvalue weighted by Gasteiger charge is 2.17. The molecule has 0 atom stereocenters. The molecule has 11 rings (SSSR count). The van der Waals surface area contributed by atoms with Gasteiger partial charge in [-0.05, 0) is 112 Å². The molecule has 268 valence electrons. The van der Waals surface area contributed by atoms with Crippen LogP contribution in [0.5, 0.6) is 0 Å². The molecule has 3 heteroatoms. The van der Waals surface area contributed by atoms with Crippen LogP contribution in [0.1, 0.15) is 2.74 Å². The third kappa shape index (κ3) is 5.68. The van der Waals surface area contributed by atoms with E-state index in [0.717, 1.165) is 88.7 Å². The minimum Gasteiger partial charge on any atom is -0.456 e. The Bertz CT molecular complexity index is 3320. The molecule has 0 unspecified atom stereocenters. The summed E-state index contributed by atoms with van der Waals surface area (Å²) < 4.78 is 25.3. The predicted octanol–water partition coefficient (Wildman–Crippen LogP) is 15.2. The van der Waals surface area contributed by atoms with E-state index >= 15 is 0 Å². The second-order valence-electron chi connectivity index (χ2n) is 14.4. The zero-order valence-electron chi connectivity index (χ0n) is 32.9. The Hall–Kier alpha value is -7.62. The lowest BCUT2D eigenvalue weighted by Crippen LogP contribution is -2.09. The number of rotatable bonds is 7. The first-order chi connectivity index (χ1) is 29.1. The lowest BCUT2D eigenvalue weighted by molar-refractivity contribution is 0.669. The van der Waals surface area contributed by atoms with E-state index in [1.165, 1.54) is 5.56 Å². The topological polar surface area (TPSA) is 21.3 Å². The van der Waals surface area contributed by atoms with Crippen molar-refractivity contribution < 1.29 is 7.16 Å². The normalized spacial score (nSPS) is 12.0. The van der Waals surface area contributed by atoms with Gasteiger partial charge in [0.1, 0.15) is 11.2 Å². The van der Waals surface area contributed by atoms with Gasteiger partial charge < -0.3 is 13.9 Å². The molecule has 0 radical (unpaired) electrons. The molecule has 2 heterocycles. The van der Waals surface area contributed by atoms with Crippen molar-refractivity contribution in [3.63, 3.8) is 0 Å². The molecule has 2 aromatic heterocycles. The maximum atomic E-state index is 8.44. The third-order valence-corrected chi connectivity index (χ3v) is 11.1. The van der Waals surface area contributed by atoms with E-state index in [2.05, 4.69) is 161 Å². The molecular formula is C54H36N2O. The average Bonchev–Trinajstić information content (AvgIpc) is 3.84. The maximum Gasteiger partial charge on any atom is 0.136 e. The van der Waals surface area contributed by atoms with Gasteiger partial charge in [0.15, 0.2) is 0 Å². The molecule has 0 aliphatic carbocycles. The van der Waals surface area contributed by atoms with Crippen molar-refractivity contribution in [1.29, 1.82) is 0 Å². The smallest absolute Gasteiger partial charge is 0.136 e. The van der Waals surface area contributed by atoms with Gasteiger partial charge in [-0.15, -0.1) is 0 Å². The van der Waals surface area contributed by atoms with Gasteiger partial charge in [0.25, 0.3) is 0 Å². The maximum absolute atomic E-state index is 8.44. The van der Waals surface area contributed by atoms with Crippen LogP contribution in [-0.4, -0.2) is 4.57 Å². The lowest BCUT2D eigenvalue weighted by Gasteiger charge is -2.26. The van der Waals surface area contributed by atoms with Crippen molar-refractivity contribution >= 4 is 60.8 Å². The van der Waals surface area contributed by atoms with E-state index in [1.807, 2.05) is 48.5 Å². The minimum atomic E-state index is 0.388. The summed E-state index contributed by atoms with van der Waals surface area (Å²) in [6, 6.07) is 72.5. The van der Waals surface area contributed by atoms with Crippen LogP contribution in [0.25, 0.3) is 82.8 Å². The number of para-hydroxylation sites is 3. The summed E-state index contributed by atoms with van der Waals surface area (Å²) >= 11 is 0. The summed E-state index contributed by atoms with van der Waals surface area (Å²) in [4.78, 5) is 2.30. The summed E-state index contributed by atoms with van der Waals surface area (Å²) in [7, 11) is 0. The van der Waals surface area contributed by atoms with Gasteiger partial charge >= 0.3 is 0 Å². The Kier molecular flexibility index (Phi) is 7.32. The highest BCUT2D eigenvalue weighted by Crippen LogP contribution is 2.41. The quantitative estimate of drug-likeness (QED) is 0.163. The highest BCUT2D eigenvalue weighted by molar-refractivity contribution is 6.13. The van der Waals surface area contributed by atoms with Crippen molar-refractivity contribution in [3.8, 4) is 39.1 Å². The second kappa shape index (κ2) is 13.6. The van der Waals surface area contributed by atoms with Gasteiger partial charge in [-0.3, -0.25) is 0 Å². The number of aromatic nitrogens is 1. The summed E-state index contributed by atoms with van der Waals surface area (Å²) in [6.07, 6.45) is 0. The molecule has 3 nitrogen and oxygen atoms in total. The molecule has 11 aromatic rings. The van der Waals surface area contributed by atoms with Crippen LogP contribution in [-0.2, 0) is 0 Å². The number of hydrogen-bond donors (Lipinski definition) is 0. The fraction of sp³-hybridized carbons (Fsp3) is 0. The molecule has 0 saturated carbocycles. The predicted molar refractivity (Wildman–Crippen MR) is 239 cm³/mol. The highest BCUT2D eigenvalue weighted by atomic mass is 16.3. The first kappa shape index (κ1) is 30.7. The van der Waals surface area contributed by atoms with Crippen LogP contribution in [0.3, 0.4) is 0 Å². The number of furan rings is 1. The van der Waals surface area contributed by atoms with Gasteiger partial charge in [0.05, 0.1) is 13.8 Å². The van der Waals surface area contributed by atoms with Gasteiger partial charge in [-0.25, -0.2) is 0 Å². The molecule has 9 aromatic carbocycles. The Morgan fingerprint density at radius 2 is 1.00 bits per heavy atom. The monoisotopic (exact) mass is 730 g/mol. The summed E-state index contributed by atoms with van der Waals surface area (Å²) in [6.45, 7) is 0. The Balaban J connectivity index is 0.992. The molecule has 0 spiro atoms. The van der Waals surface area contributed by atoms with E-state index in [-0.39, 0.29) is 0 Å². The Morgan fingerprint density at radius 1 is 0.404 bits per heavy atom. The van der Waals surface area contributed by atoms with Crippen LogP contribution < -0.4 is 4.90 Å². The van der Waals surface area contributed by atoms with Crippen LogP contribution in [0.4, 0.5) is 17.1 Å². The van der Waals surface area contributed by atoms with E-state index in [1.54, 1.807) is 6.07 Å². The van der Waals surface area contributed by atoms with Crippen molar-refractivity contribution in [2.45, 2.75) is 0 Å². The largest absolute Gasteiger partial charge is 0.456 e. The first-order valence-electron chi connectivity index (χ1n) is 20.2. The Labute approximate surface area is 333 Å². The average molecular weight is 731 g/mol. The number of hydrogen-bond acceptors (Lipinski definition) is 2. The second-order valence-corrected chi connectivity index (χ2v) is 14.4. The van der Waals surface area contributed by atoms with E-state index in [0.29, 0.717) is 17.7 Å². The Morgan fingerprint density at radius 3 is 1.72 bits per heavy atom. The zero-order valence-corrected chi connectivity index (χ0v) is 30.9.